The maximum Gasteiger partial charge on any atom is 0.325 e. The summed E-state index contributed by atoms with van der Waals surface area (Å²) < 4.78 is 0. The monoisotopic (exact) mass is 249 g/mol. The van der Waals surface area contributed by atoms with E-state index in [2.05, 4.69) is 0 Å². The van der Waals surface area contributed by atoms with E-state index in [1.807, 2.05) is 0 Å². The number of rotatable bonds is 7. The van der Waals surface area contributed by atoms with Gasteiger partial charge in [0.2, 0.25) is 0 Å². The molecule has 0 aliphatic rings. The van der Waals surface area contributed by atoms with E-state index in [9.17, 15) is 19.2 Å². The van der Waals surface area contributed by atoms with E-state index in [0.717, 1.165) is 0 Å². The van der Waals surface area contributed by atoms with E-state index in [1.165, 1.54) is 0 Å². The Morgan fingerprint density at radius 1 is 1.00 bits per heavy atom. The highest BCUT2D eigenvalue weighted by Gasteiger charge is 2.51. The number of nitrogens with two attached hydrogens (primary N) is 1. The van der Waals surface area contributed by atoms with Gasteiger partial charge in [0.1, 0.15) is 5.54 Å². The summed E-state index contributed by atoms with van der Waals surface area (Å²) >= 11 is 0. The molecule has 1 atom stereocenters. The van der Waals surface area contributed by atoms with Gasteiger partial charge in [0.15, 0.2) is 5.92 Å². The molecule has 0 aromatic carbocycles. The van der Waals surface area contributed by atoms with Crippen LogP contribution in [0.25, 0.3) is 0 Å². The second kappa shape index (κ2) is 5.25. The molecule has 1 unspecified atom stereocenters. The Morgan fingerprint density at radius 3 is 1.65 bits per heavy atom. The first kappa shape index (κ1) is 14.8. The Kier molecular flexibility index (Phi) is 4.59. The van der Waals surface area contributed by atoms with Crippen molar-refractivity contribution in [2.24, 2.45) is 11.7 Å². The molecule has 96 valence electrons. The van der Waals surface area contributed by atoms with E-state index < -0.39 is 48.2 Å². The van der Waals surface area contributed by atoms with Crippen molar-refractivity contribution in [3.8, 4) is 0 Å². The SMILES string of the molecule is NC(CCC(=O)O)(C(=O)O)C(C(=O)O)C(=O)O. The Labute approximate surface area is 94.5 Å². The molecule has 0 saturated carbocycles. The zero-order valence-corrected chi connectivity index (χ0v) is 8.49. The number of carboxylic acid groups (broad SMARTS) is 4. The summed E-state index contributed by atoms with van der Waals surface area (Å²) in [6.07, 6.45) is -1.55. The summed E-state index contributed by atoms with van der Waals surface area (Å²) in [5, 5.41) is 34.4. The smallest absolute Gasteiger partial charge is 0.325 e. The van der Waals surface area contributed by atoms with Crippen LogP contribution in [0, 0.1) is 5.92 Å². The number of carbonyl (C=O) groups is 4. The fraction of sp³-hybridized carbons (Fsp3) is 0.500. The van der Waals surface area contributed by atoms with Crippen molar-refractivity contribution in [1.29, 1.82) is 0 Å². The molecule has 0 amide bonds. The van der Waals surface area contributed by atoms with Gasteiger partial charge in [-0.05, 0) is 6.42 Å². The molecular formula is C8H11NO8. The first-order chi connectivity index (χ1) is 7.62. The van der Waals surface area contributed by atoms with Crippen LogP contribution in [-0.2, 0) is 19.2 Å². The molecule has 0 fully saturated rings. The molecule has 17 heavy (non-hydrogen) atoms. The number of hydrogen-bond acceptors (Lipinski definition) is 5. The van der Waals surface area contributed by atoms with Gasteiger partial charge in [-0.15, -0.1) is 0 Å². The van der Waals surface area contributed by atoms with Crippen molar-refractivity contribution < 1.29 is 39.6 Å². The number of hydrogen-bond donors (Lipinski definition) is 5. The summed E-state index contributed by atoms with van der Waals surface area (Å²) in [5.74, 6) is -9.58. The predicted molar refractivity (Wildman–Crippen MR) is 50.2 cm³/mol. The highest BCUT2D eigenvalue weighted by Crippen LogP contribution is 2.22. The lowest BCUT2D eigenvalue weighted by atomic mass is 9.81. The van der Waals surface area contributed by atoms with Gasteiger partial charge in [0, 0.05) is 6.42 Å². The molecule has 0 aliphatic heterocycles. The average molecular weight is 249 g/mol. The van der Waals surface area contributed by atoms with Crippen LogP contribution in [0.5, 0.6) is 0 Å². The lowest BCUT2D eigenvalue weighted by molar-refractivity contribution is -0.166. The van der Waals surface area contributed by atoms with Crippen molar-refractivity contribution in [2.45, 2.75) is 18.4 Å². The van der Waals surface area contributed by atoms with Gasteiger partial charge >= 0.3 is 23.9 Å². The minimum Gasteiger partial charge on any atom is -0.481 e. The summed E-state index contributed by atoms with van der Waals surface area (Å²) in [6, 6.07) is 0. The Hall–Kier alpha value is -2.16. The van der Waals surface area contributed by atoms with Gasteiger partial charge in [-0.1, -0.05) is 0 Å². The lowest BCUT2D eigenvalue weighted by Crippen LogP contribution is -2.59. The van der Waals surface area contributed by atoms with Gasteiger partial charge in [-0.2, -0.15) is 0 Å². The first-order valence-corrected chi connectivity index (χ1v) is 4.32. The predicted octanol–water partition coefficient (Wildman–Crippen LogP) is -1.58. The molecule has 0 spiro atoms. The molecule has 0 heterocycles. The molecular weight excluding hydrogens is 238 g/mol. The van der Waals surface area contributed by atoms with Gasteiger partial charge < -0.3 is 26.2 Å². The maximum atomic E-state index is 10.8. The van der Waals surface area contributed by atoms with Gasteiger partial charge in [0.05, 0.1) is 0 Å². The molecule has 0 saturated heterocycles. The average Bonchev–Trinajstić information content (AvgIpc) is 2.13. The summed E-state index contributed by atoms with van der Waals surface area (Å²) in [6.45, 7) is 0. The van der Waals surface area contributed by atoms with Crippen LogP contribution in [0.3, 0.4) is 0 Å². The van der Waals surface area contributed by atoms with E-state index in [1.54, 1.807) is 0 Å². The molecule has 9 nitrogen and oxygen atoms in total. The second-order valence-corrected chi connectivity index (χ2v) is 3.35. The normalized spacial score (nSPS) is 14.0. The highest BCUT2D eigenvalue weighted by atomic mass is 16.4. The van der Waals surface area contributed by atoms with Gasteiger partial charge in [0.25, 0.3) is 0 Å². The van der Waals surface area contributed by atoms with E-state index in [0.29, 0.717) is 0 Å². The molecule has 0 radical (unpaired) electrons. The Morgan fingerprint density at radius 2 is 1.41 bits per heavy atom. The minimum absolute atomic E-state index is 0.750. The van der Waals surface area contributed by atoms with Gasteiger partial charge in [-0.25, -0.2) is 0 Å². The molecule has 9 heteroatoms. The maximum absolute atomic E-state index is 10.8. The van der Waals surface area contributed by atoms with E-state index >= 15 is 0 Å². The Bertz CT molecular complexity index is 351. The van der Waals surface area contributed by atoms with Crippen molar-refractivity contribution in [2.75, 3.05) is 0 Å². The minimum atomic E-state index is -2.67. The van der Waals surface area contributed by atoms with Gasteiger partial charge in [-0.3, -0.25) is 19.2 Å². The molecule has 0 aromatic rings. The largest absolute Gasteiger partial charge is 0.481 e. The van der Waals surface area contributed by atoms with Crippen LogP contribution in [0.4, 0.5) is 0 Å². The summed E-state index contributed by atoms with van der Waals surface area (Å²) in [4.78, 5) is 42.5. The van der Waals surface area contributed by atoms with Crippen molar-refractivity contribution in [1.82, 2.24) is 0 Å². The van der Waals surface area contributed by atoms with Crippen molar-refractivity contribution >= 4 is 23.9 Å². The number of carboxylic acids is 4. The van der Waals surface area contributed by atoms with E-state index in [4.69, 9.17) is 26.2 Å². The van der Waals surface area contributed by atoms with Crippen molar-refractivity contribution in [3.05, 3.63) is 0 Å². The highest BCUT2D eigenvalue weighted by molar-refractivity contribution is 6.01. The Balaban J connectivity index is 5.29. The lowest BCUT2D eigenvalue weighted by Gasteiger charge is -2.27. The molecule has 0 bridgehead atoms. The number of aliphatic carboxylic acids is 4. The quantitative estimate of drug-likeness (QED) is 0.333. The van der Waals surface area contributed by atoms with Crippen molar-refractivity contribution in [3.63, 3.8) is 0 Å². The third kappa shape index (κ3) is 3.41. The summed E-state index contributed by atoms with van der Waals surface area (Å²) in [7, 11) is 0. The summed E-state index contributed by atoms with van der Waals surface area (Å²) in [5.41, 5.74) is 2.54. The fourth-order valence-electron chi connectivity index (χ4n) is 1.23. The zero-order chi connectivity index (χ0) is 13.8. The van der Waals surface area contributed by atoms with Crippen LogP contribution in [0.1, 0.15) is 12.8 Å². The van der Waals surface area contributed by atoms with Crippen LogP contribution < -0.4 is 5.73 Å². The van der Waals surface area contributed by atoms with Crippen LogP contribution in [-0.4, -0.2) is 49.8 Å². The molecule has 6 N–H and O–H groups in total. The zero-order valence-electron chi connectivity index (χ0n) is 8.49. The standard InChI is InChI=1S/C8H11NO8/c9-8(7(16)17,2-1-3(10)11)4(5(12)13)6(14)15/h4H,1-2,9H2,(H,10,11)(H,12,13)(H,14,15)(H,16,17). The first-order valence-electron chi connectivity index (χ1n) is 4.32. The van der Waals surface area contributed by atoms with Crippen LogP contribution in [0.15, 0.2) is 0 Å². The third-order valence-corrected chi connectivity index (χ3v) is 2.16. The van der Waals surface area contributed by atoms with E-state index in [-0.39, 0.29) is 0 Å². The molecule has 0 rings (SSSR count). The second-order valence-electron chi connectivity index (χ2n) is 3.35. The molecule has 0 aliphatic carbocycles. The fourth-order valence-corrected chi connectivity index (χ4v) is 1.23. The molecule has 0 aromatic heterocycles. The topological polar surface area (TPSA) is 175 Å². The van der Waals surface area contributed by atoms with Crippen LogP contribution >= 0.6 is 0 Å². The third-order valence-electron chi connectivity index (χ3n) is 2.16. The van der Waals surface area contributed by atoms with Crippen LogP contribution in [0.2, 0.25) is 0 Å².